The zero-order valence-corrected chi connectivity index (χ0v) is 10.9. The summed E-state index contributed by atoms with van der Waals surface area (Å²) in [7, 11) is 0. The molecule has 1 N–H and O–H groups in total. The molecule has 1 fully saturated rings. The third-order valence-corrected chi connectivity index (χ3v) is 3.18. The summed E-state index contributed by atoms with van der Waals surface area (Å²) >= 11 is 0. The second-order valence-electron chi connectivity index (χ2n) is 4.51. The molecular formula is C13H17N5O. The van der Waals surface area contributed by atoms with Gasteiger partial charge in [0.15, 0.2) is 5.82 Å². The Balaban J connectivity index is 1.77. The summed E-state index contributed by atoms with van der Waals surface area (Å²) in [5.74, 6) is 1.62. The first kappa shape index (κ1) is 12.1. The number of tetrazole rings is 1. The predicted molar refractivity (Wildman–Crippen MR) is 70.3 cm³/mol. The minimum Gasteiger partial charge on any atom is -0.494 e. The minimum absolute atomic E-state index is 0.247. The van der Waals surface area contributed by atoms with Gasteiger partial charge in [0.05, 0.1) is 18.3 Å². The molecule has 2 aromatic rings. The third kappa shape index (κ3) is 2.58. The highest BCUT2D eigenvalue weighted by Crippen LogP contribution is 2.19. The largest absolute Gasteiger partial charge is 0.494 e. The highest BCUT2D eigenvalue weighted by Gasteiger charge is 2.21. The van der Waals surface area contributed by atoms with Gasteiger partial charge in [-0.2, -0.15) is 0 Å². The van der Waals surface area contributed by atoms with E-state index in [1.165, 1.54) is 6.42 Å². The highest BCUT2D eigenvalue weighted by atomic mass is 16.5. The van der Waals surface area contributed by atoms with E-state index in [4.69, 9.17) is 4.74 Å². The average molecular weight is 259 g/mol. The summed E-state index contributed by atoms with van der Waals surface area (Å²) in [4.78, 5) is 1.56. The van der Waals surface area contributed by atoms with Crippen LogP contribution in [0.25, 0.3) is 5.69 Å². The van der Waals surface area contributed by atoms with Crippen molar-refractivity contribution in [1.29, 1.82) is 0 Å². The lowest BCUT2D eigenvalue weighted by Gasteiger charge is -2.04. The van der Waals surface area contributed by atoms with Crippen molar-refractivity contribution in [2.75, 3.05) is 13.2 Å². The van der Waals surface area contributed by atoms with Crippen LogP contribution in [0.4, 0.5) is 0 Å². The van der Waals surface area contributed by atoms with Gasteiger partial charge in [-0.3, -0.25) is 0 Å². The van der Waals surface area contributed by atoms with E-state index < -0.39 is 0 Å². The number of benzene rings is 1. The fourth-order valence-electron chi connectivity index (χ4n) is 2.22. The van der Waals surface area contributed by atoms with Gasteiger partial charge >= 0.3 is 0 Å². The summed E-state index contributed by atoms with van der Waals surface area (Å²) in [6.07, 6.45) is 2.25. The molecule has 1 aliphatic rings. The Morgan fingerprint density at radius 1 is 1.37 bits per heavy atom. The molecule has 1 unspecified atom stereocenters. The van der Waals surface area contributed by atoms with Crippen molar-refractivity contribution < 1.29 is 4.74 Å². The minimum atomic E-state index is 0.247. The van der Waals surface area contributed by atoms with E-state index in [1.807, 2.05) is 31.2 Å². The van der Waals surface area contributed by atoms with Gasteiger partial charge in [0.2, 0.25) is 0 Å². The normalized spacial score (nSPS) is 18.7. The average Bonchev–Trinajstić information content (AvgIpc) is 3.11. The van der Waals surface area contributed by atoms with E-state index in [0.717, 1.165) is 30.2 Å². The number of aromatic nitrogens is 4. The molecule has 0 radical (unpaired) electrons. The number of hydrogen-bond acceptors (Lipinski definition) is 5. The van der Waals surface area contributed by atoms with Crippen LogP contribution >= 0.6 is 0 Å². The summed E-state index contributed by atoms with van der Waals surface area (Å²) in [5.41, 5.74) is 0.889. The van der Waals surface area contributed by atoms with Crippen molar-refractivity contribution in [2.45, 2.75) is 25.8 Å². The van der Waals surface area contributed by atoms with E-state index in [1.54, 1.807) is 4.80 Å². The van der Waals surface area contributed by atoms with Gasteiger partial charge in [-0.25, -0.2) is 0 Å². The number of ether oxygens (including phenoxy) is 1. The predicted octanol–water partition coefficient (Wildman–Crippen LogP) is 1.49. The molecule has 100 valence electrons. The smallest absolute Gasteiger partial charge is 0.192 e. The molecule has 19 heavy (non-hydrogen) atoms. The molecule has 1 aliphatic heterocycles. The molecule has 1 atom stereocenters. The number of nitrogens with one attached hydrogen (secondary N) is 1. The third-order valence-electron chi connectivity index (χ3n) is 3.18. The standard InChI is InChI=1S/C13H17N5O/c1-2-19-11-7-5-10(6-8-11)18-16-13(15-17-18)12-4-3-9-14-12/h5-8,12,14H,2-4,9H2,1H3. The number of nitrogens with zero attached hydrogens (tertiary/aromatic N) is 4. The van der Waals surface area contributed by atoms with Crippen molar-refractivity contribution in [3.8, 4) is 11.4 Å². The zero-order chi connectivity index (χ0) is 13.1. The summed E-state index contributed by atoms with van der Waals surface area (Å²) in [5, 5.41) is 16.0. The lowest BCUT2D eigenvalue weighted by Crippen LogP contribution is -2.14. The van der Waals surface area contributed by atoms with E-state index in [2.05, 4.69) is 20.7 Å². The lowest BCUT2D eigenvalue weighted by molar-refractivity contribution is 0.340. The van der Waals surface area contributed by atoms with Crippen molar-refractivity contribution in [1.82, 2.24) is 25.5 Å². The Labute approximate surface area is 111 Å². The first-order valence-corrected chi connectivity index (χ1v) is 6.63. The van der Waals surface area contributed by atoms with Gasteiger partial charge < -0.3 is 10.1 Å². The molecule has 0 aliphatic carbocycles. The van der Waals surface area contributed by atoms with Gasteiger partial charge in [0.1, 0.15) is 5.75 Å². The Morgan fingerprint density at radius 3 is 2.89 bits per heavy atom. The van der Waals surface area contributed by atoms with Crippen molar-refractivity contribution >= 4 is 0 Å². The molecule has 0 bridgehead atoms. The molecule has 2 heterocycles. The van der Waals surface area contributed by atoms with Crippen LogP contribution in [-0.4, -0.2) is 33.4 Å². The second-order valence-corrected chi connectivity index (χ2v) is 4.51. The van der Waals surface area contributed by atoms with Gasteiger partial charge in [-0.15, -0.1) is 15.0 Å². The summed E-state index contributed by atoms with van der Waals surface area (Å²) in [6, 6.07) is 7.93. The Bertz CT molecular complexity index is 530. The van der Waals surface area contributed by atoms with E-state index in [-0.39, 0.29) is 6.04 Å². The van der Waals surface area contributed by atoms with Crippen LogP contribution in [0.3, 0.4) is 0 Å². The first-order valence-electron chi connectivity index (χ1n) is 6.63. The van der Waals surface area contributed by atoms with Crippen LogP contribution in [0.2, 0.25) is 0 Å². The van der Waals surface area contributed by atoms with Gasteiger partial charge in [-0.05, 0) is 55.8 Å². The second kappa shape index (κ2) is 5.36. The van der Waals surface area contributed by atoms with E-state index in [0.29, 0.717) is 6.61 Å². The monoisotopic (exact) mass is 259 g/mol. The molecule has 0 saturated carbocycles. The Morgan fingerprint density at radius 2 is 2.21 bits per heavy atom. The molecule has 3 rings (SSSR count). The molecular weight excluding hydrogens is 242 g/mol. The molecule has 6 nitrogen and oxygen atoms in total. The topological polar surface area (TPSA) is 64.9 Å². The van der Waals surface area contributed by atoms with Crippen LogP contribution in [0.1, 0.15) is 31.6 Å². The number of hydrogen-bond donors (Lipinski definition) is 1. The lowest BCUT2D eigenvalue weighted by atomic mass is 10.2. The molecule has 0 amide bonds. The maximum Gasteiger partial charge on any atom is 0.192 e. The molecule has 1 aromatic carbocycles. The van der Waals surface area contributed by atoms with Gasteiger partial charge in [-0.1, -0.05) is 0 Å². The van der Waals surface area contributed by atoms with Crippen molar-refractivity contribution in [3.05, 3.63) is 30.1 Å². The number of rotatable bonds is 4. The SMILES string of the molecule is CCOc1ccc(-n2nnc(C3CCCN3)n2)cc1. The van der Waals surface area contributed by atoms with Crippen LogP contribution in [0.15, 0.2) is 24.3 Å². The quantitative estimate of drug-likeness (QED) is 0.901. The van der Waals surface area contributed by atoms with E-state index >= 15 is 0 Å². The highest BCUT2D eigenvalue weighted by molar-refractivity contribution is 5.35. The van der Waals surface area contributed by atoms with E-state index in [9.17, 15) is 0 Å². The maximum absolute atomic E-state index is 5.41. The fraction of sp³-hybridized carbons (Fsp3) is 0.462. The molecule has 1 saturated heterocycles. The molecule has 1 aromatic heterocycles. The van der Waals surface area contributed by atoms with Crippen LogP contribution in [0, 0.1) is 0 Å². The Kier molecular flexibility index (Phi) is 3.41. The Hall–Kier alpha value is -1.95. The first-order chi connectivity index (χ1) is 9.36. The van der Waals surface area contributed by atoms with Crippen LogP contribution in [0.5, 0.6) is 5.75 Å². The van der Waals surface area contributed by atoms with Crippen molar-refractivity contribution in [3.63, 3.8) is 0 Å². The zero-order valence-electron chi connectivity index (χ0n) is 10.9. The summed E-state index contributed by atoms with van der Waals surface area (Å²) in [6.45, 7) is 3.66. The maximum atomic E-state index is 5.41. The van der Waals surface area contributed by atoms with Gasteiger partial charge in [0.25, 0.3) is 0 Å². The van der Waals surface area contributed by atoms with Crippen LogP contribution in [-0.2, 0) is 0 Å². The molecule has 0 spiro atoms. The van der Waals surface area contributed by atoms with Gasteiger partial charge in [0, 0.05) is 0 Å². The van der Waals surface area contributed by atoms with Crippen molar-refractivity contribution in [2.24, 2.45) is 0 Å². The fourth-order valence-corrected chi connectivity index (χ4v) is 2.22. The molecule has 6 heteroatoms. The summed E-state index contributed by atoms with van der Waals surface area (Å²) < 4.78 is 5.41. The van der Waals surface area contributed by atoms with Crippen LogP contribution < -0.4 is 10.1 Å².